The maximum atomic E-state index is 14.2. The van der Waals surface area contributed by atoms with Crippen LogP contribution in [-0.2, 0) is 0 Å². The van der Waals surface area contributed by atoms with Gasteiger partial charge < -0.3 is 19.9 Å². The first-order chi connectivity index (χ1) is 13.9. The highest BCUT2D eigenvalue weighted by Crippen LogP contribution is 2.29. The van der Waals surface area contributed by atoms with E-state index in [0.717, 1.165) is 38.4 Å². The number of likely N-dealkylation sites (N-methyl/N-ethyl adjacent to an activating group) is 1. The Morgan fingerprint density at radius 2 is 1.86 bits per heavy atom. The van der Waals surface area contributed by atoms with Crippen LogP contribution in [0.3, 0.4) is 0 Å². The fourth-order valence-electron chi connectivity index (χ4n) is 3.62. The van der Waals surface area contributed by atoms with E-state index in [-0.39, 0.29) is 11.4 Å². The van der Waals surface area contributed by atoms with E-state index in [4.69, 9.17) is 4.74 Å². The van der Waals surface area contributed by atoms with Crippen molar-refractivity contribution in [2.24, 2.45) is 0 Å². The third kappa shape index (κ3) is 4.85. The van der Waals surface area contributed by atoms with Crippen LogP contribution in [0.1, 0.15) is 35.8 Å². The summed E-state index contributed by atoms with van der Waals surface area (Å²) in [6.45, 7) is 8.45. The van der Waals surface area contributed by atoms with Crippen molar-refractivity contribution in [3.63, 3.8) is 0 Å². The van der Waals surface area contributed by atoms with Gasteiger partial charge >= 0.3 is 0 Å². The highest BCUT2D eigenvalue weighted by atomic mass is 19.1. The van der Waals surface area contributed by atoms with Gasteiger partial charge in [0, 0.05) is 43.5 Å². The molecule has 1 fully saturated rings. The SMILES string of the molecule is CCN1CCN(c2ccc(F)cc2C(C)NC(=O)c2ccc(OC)cc2F)CC1. The molecule has 7 heteroatoms. The summed E-state index contributed by atoms with van der Waals surface area (Å²) in [7, 11) is 1.43. The molecule has 1 heterocycles. The summed E-state index contributed by atoms with van der Waals surface area (Å²) < 4.78 is 33.2. The van der Waals surface area contributed by atoms with E-state index in [9.17, 15) is 13.6 Å². The molecule has 29 heavy (non-hydrogen) atoms. The van der Waals surface area contributed by atoms with E-state index >= 15 is 0 Å². The van der Waals surface area contributed by atoms with E-state index in [0.29, 0.717) is 11.3 Å². The molecule has 0 aromatic heterocycles. The van der Waals surface area contributed by atoms with E-state index in [2.05, 4.69) is 22.0 Å². The largest absolute Gasteiger partial charge is 0.497 e. The zero-order chi connectivity index (χ0) is 21.0. The summed E-state index contributed by atoms with van der Waals surface area (Å²) in [4.78, 5) is 17.2. The van der Waals surface area contributed by atoms with Gasteiger partial charge in [0.1, 0.15) is 17.4 Å². The Morgan fingerprint density at radius 1 is 1.14 bits per heavy atom. The maximum absolute atomic E-state index is 14.2. The van der Waals surface area contributed by atoms with Crippen LogP contribution in [0.2, 0.25) is 0 Å². The number of nitrogens with one attached hydrogen (secondary N) is 1. The number of amides is 1. The quantitative estimate of drug-likeness (QED) is 0.801. The van der Waals surface area contributed by atoms with Gasteiger partial charge in [0.25, 0.3) is 5.91 Å². The van der Waals surface area contributed by atoms with Gasteiger partial charge in [-0.05, 0) is 43.8 Å². The molecule has 3 rings (SSSR count). The van der Waals surface area contributed by atoms with Crippen molar-refractivity contribution >= 4 is 11.6 Å². The number of halogens is 2. The number of nitrogens with zero attached hydrogens (tertiary/aromatic N) is 2. The lowest BCUT2D eigenvalue weighted by molar-refractivity contribution is 0.0935. The van der Waals surface area contributed by atoms with Crippen molar-refractivity contribution < 1.29 is 18.3 Å². The first-order valence-electron chi connectivity index (χ1n) is 9.84. The normalized spacial score (nSPS) is 15.8. The van der Waals surface area contributed by atoms with E-state index in [1.54, 1.807) is 13.0 Å². The zero-order valence-corrected chi connectivity index (χ0v) is 17.0. The van der Waals surface area contributed by atoms with Crippen molar-refractivity contribution in [2.75, 3.05) is 44.7 Å². The molecule has 1 saturated heterocycles. The molecule has 2 aromatic carbocycles. The Morgan fingerprint density at radius 3 is 2.48 bits per heavy atom. The molecule has 1 unspecified atom stereocenters. The molecule has 1 amide bonds. The molecule has 1 N–H and O–H groups in total. The molecule has 1 aliphatic heterocycles. The molecule has 0 spiro atoms. The molecular formula is C22H27F2N3O2. The third-order valence-corrected chi connectivity index (χ3v) is 5.38. The van der Waals surface area contributed by atoms with Crippen LogP contribution in [-0.4, -0.2) is 50.6 Å². The number of hydrogen-bond donors (Lipinski definition) is 1. The van der Waals surface area contributed by atoms with Crippen LogP contribution in [0, 0.1) is 11.6 Å². The Hall–Kier alpha value is -2.67. The van der Waals surface area contributed by atoms with E-state index in [1.165, 1.54) is 37.4 Å². The third-order valence-electron chi connectivity index (χ3n) is 5.38. The van der Waals surface area contributed by atoms with E-state index in [1.807, 2.05) is 0 Å². The van der Waals surface area contributed by atoms with Gasteiger partial charge in [-0.3, -0.25) is 4.79 Å². The van der Waals surface area contributed by atoms with Gasteiger partial charge in [0.2, 0.25) is 0 Å². The number of benzene rings is 2. The second kappa shape index (κ2) is 9.22. The molecule has 1 atom stereocenters. The van der Waals surface area contributed by atoms with Gasteiger partial charge in [-0.25, -0.2) is 8.78 Å². The predicted molar refractivity (Wildman–Crippen MR) is 110 cm³/mol. The van der Waals surface area contributed by atoms with Crippen LogP contribution in [0.25, 0.3) is 0 Å². The number of rotatable bonds is 6. The molecule has 0 radical (unpaired) electrons. The average Bonchev–Trinajstić information content (AvgIpc) is 2.73. The minimum Gasteiger partial charge on any atom is -0.497 e. The summed E-state index contributed by atoms with van der Waals surface area (Å²) in [6, 6.07) is 8.22. The molecule has 0 saturated carbocycles. The Kier molecular flexibility index (Phi) is 6.69. The smallest absolute Gasteiger partial charge is 0.254 e. The number of ether oxygens (including phenoxy) is 1. The van der Waals surface area contributed by atoms with Crippen LogP contribution in [0.5, 0.6) is 5.75 Å². The standard InChI is InChI=1S/C22H27F2N3O2/c1-4-26-9-11-27(12-10-26)21-8-5-16(23)13-19(21)15(2)25-22(28)18-7-6-17(29-3)14-20(18)24/h5-8,13-15H,4,9-12H2,1-3H3,(H,25,28). The van der Waals surface area contributed by atoms with Gasteiger partial charge in [-0.1, -0.05) is 6.92 Å². The van der Waals surface area contributed by atoms with E-state index < -0.39 is 17.8 Å². The zero-order valence-electron chi connectivity index (χ0n) is 17.0. The molecule has 0 aliphatic carbocycles. The first-order valence-corrected chi connectivity index (χ1v) is 9.84. The van der Waals surface area contributed by atoms with Crippen molar-refractivity contribution in [1.29, 1.82) is 0 Å². The fraction of sp³-hybridized carbons (Fsp3) is 0.409. The lowest BCUT2D eigenvalue weighted by atomic mass is 10.0. The van der Waals surface area contributed by atoms with Gasteiger partial charge in [-0.15, -0.1) is 0 Å². The van der Waals surface area contributed by atoms with Crippen LogP contribution in [0.15, 0.2) is 36.4 Å². The number of piperazine rings is 1. The Bertz CT molecular complexity index is 867. The van der Waals surface area contributed by atoms with Gasteiger partial charge in [0.05, 0.1) is 18.7 Å². The molecule has 156 valence electrons. The molecule has 0 bridgehead atoms. The maximum Gasteiger partial charge on any atom is 0.254 e. The van der Waals surface area contributed by atoms with Crippen LogP contribution >= 0.6 is 0 Å². The summed E-state index contributed by atoms with van der Waals surface area (Å²) in [5, 5.41) is 2.79. The van der Waals surface area contributed by atoms with Crippen molar-refractivity contribution in [1.82, 2.24) is 10.2 Å². The lowest BCUT2D eigenvalue weighted by Gasteiger charge is -2.37. The Labute approximate surface area is 170 Å². The van der Waals surface area contributed by atoms with Crippen molar-refractivity contribution in [3.05, 3.63) is 59.2 Å². The van der Waals surface area contributed by atoms with Gasteiger partial charge in [0.15, 0.2) is 0 Å². The van der Waals surface area contributed by atoms with Crippen molar-refractivity contribution in [2.45, 2.75) is 19.9 Å². The van der Waals surface area contributed by atoms with Gasteiger partial charge in [-0.2, -0.15) is 0 Å². The van der Waals surface area contributed by atoms with Crippen LogP contribution < -0.4 is 15.0 Å². The fourth-order valence-corrected chi connectivity index (χ4v) is 3.62. The number of hydrogen-bond acceptors (Lipinski definition) is 4. The van der Waals surface area contributed by atoms with Crippen LogP contribution in [0.4, 0.5) is 14.5 Å². The number of carbonyl (C=O) groups is 1. The molecule has 2 aromatic rings. The highest BCUT2D eigenvalue weighted by molar-refractivity contribution is 5.95. The lowest BCUT2D eigenvalue weighted by Crippen LogP contribution is -2.46. The minimum absolute atomic E-state index is 0.0767. The second-order valence-corrected chi connectivity index (χ2v) is 7.17. The second-order valence-electron chi connectivity index (χ2n) is 7.17. The minimum atomic E-state index is -0.663. The molecule has 1 aliphatic rings. The monoisotopic (exact) mass is 403 g/mol. The topological polar surface area (TPSA) is 44.8 Å². The summed E-state index contributed by atoms with van der Waals surface area (Å²) in [5.74, 6) is -1.24. The summed E-state index contributed by atoms with van der Waals surface area (Å²) in [6.07, 6.45) is 0. The molecular weight excluding hydrogens is 376 g/mol. The average molecular weight is 403 g/mol. The molecule has 5 nitrogen and oxygen atoms in total. The summed E-state index contributed by atoms with van der Waals surface area (Å²) >= 11 is 0. The van der Waals surface area contributed by atoms with Crippen molar-refractivity contribution in [3.8, 4) is 5.75 Å². The Balaban J connectivity index is 1.79. The number of carbonyl (C=O) groups excluding carboxylic acids is 1. The predicted octanol–water partition coefficient (Wildman–Crippen LogP) is 3.61. The highest BCUT2D eigenvalue weighted by Gasteiger charge is 2.23. The summed E-state index contributed by atoms with van der Waals surface area (Å²) in [5.41, 5.74) is 1.49. The number of anilines is 1. The number of methoxy groups -OCH3 is 1. The first kappa shape index (κ1) is 21.0.